The van der Waals surface area contributed by atoms with Crippen LogP contribution in [0.25, 0.3) is 54.2 Å². The molecule has 0 spiro atoms. The lowest BCUT2D eigenvalue weighted by Crippen LogP contribution is -2.10. The molecule has 8 aromatic carbocycles. The molecule has 0 fully saturated rings. The molecule has 0 saturated carbocycles. The molecule has 0 bridgehead atoms. The Morgan fingerprint density at radius 3 is 1.14 bits per heavy atom. The van der Waals surface area contributed by atoms with E-state index in [-0.39, 0.29) is 17.6 Å². The highest BCUT2D eigenvalue weighted by molar-refractivity contribution is 7.43. The zero-order chi connectivity index (χ0) is 29.3. The molecule has 0 aliphatic heterocycles. The lowest BCUT2D eigenvalue weighted by Gasteiger charge is -2.19. The van der Waals surface area contributed by atoms with Crippen molar-refractivity contribution in [2.45, 2.75) is 0 Å². The molecule has 4 heteroatoms. The second kappa shape index (κ2) is 11.7. The zero-order valence-corrected chi connectivity index (χ0v) is 25.8. The van der Waals surface area contributed by atoms with Gasteiger partial charge in [-0.15, -0.1) is 0 Å². The molecule has 0 amide bonds. The van der Waals surface area contributed by atoms with E-state index < -0.39 is 0 Å². The van der Waals surface area contributed by atoms with Gasteiger partial charge in [0.2, 0.25) is 0 Å². The van der Waals surface area contributed by atoms with Crippen molar-refractivity contribution in [2.75, 3.05) is 0 Å². The SMILES string of the molecule is c1ccc2cc(OPc3ccc4ccccc4c3-c3c(POc4ccc5ccccc5c4)ccc4ccccc34)ccc2c1. The number of rotatable bonds is 7. The Hall–Kier alpha value is -4.74. The molecule has 0 N–H and O–H groups in total. The number of hydrogen-bond donors (Lipinski definition) is 0. The molecule has 0 heterocycles. The van der Waals surface area contributed by atoms with Crippen LogP contribution >= 0.6 is 17.6 Å². The van der Waals surface area contributed by atoms with Gasteiger partial charge in [0.15, 0.2) is 0 Å². The highest BCUT2D eigenvalue weighted by Gasteiger charge is 2.18. The Kier molecular flexibility index (Phi) is 7.17. The fourth-order valence-corrected chi connectivity index (χ4v) is 7.68. The third-order valence-corrected chi connectivity index (χ3v) is 10.1. The quantitative estimate of drug-likeness (QED) is 0.169. The number of hydrogen-bond acceptors (Lipinski definition) is 2. The Morgan fingerprint density at radius 2 is 0.682 bits per heavy atom. The largest absolute Gasteiger partial charge is 0.472 e. The lowest BCUT2D eigenvalue weighted by molar-refractivity contribution is 0.639. The van der Waals surface area contributed by atoms with Crippen molar-refractivity contribution >= 4 is 71.3 Å². The van der Waals surface area contributed by atoms with Crippen LogP contribution in [0.4, 0.5) is 0 Å². The van der Waals surface area contributed by atoms with E-state index in [1.807, 2.05) is 0 Å². The first kappa shape index (κ1) is 26.9. The van der Waals surface area contributed by atoms with Crippen LogP contribution in [0.2, 0.25) is 0 Å². The first-order valence-corrected chi connectivity index (χ1v) is 16.5. The van der Waals surface area contributed by atoms with Crippen molar-refractivity contribution < 1.29 is 9.05 Å². The van der Waals surface area contributed by atoms with Crippen LogP contribution in [0.1, 0.15) is 0 Å². The Labute approximate surface area is 260 Å². The first-order valence-electron chi connectivity index (χ1n) is 14.7. The average molecular weight is 603 g/mol. The van der Waals surface area contributed by atoms with Crippen molar-refractivity contribution in [3.8, 4) is 22.6 Å². The van der Waals surface area contributed by atoms with Crippen LogP contribution in [0, 0.1) is 0 Å². The van der Waals surface area contributed by atoms with Crippen molar-refractivity contribution in [3.63, 3.8) is 0 Å². The molecule has 0 aliphatic carbocycles. The predicted octanol–water partition coefficient (Wildman–Crippen LogP) is 10.6. The maximum absolute atomic E-state index is 6.53. The van der Waals surface area contributed by atoms with Gasteiger partial charge < -0.3 is 9.05 Å². The molecule has 2 atom stereocenters. The van der Waals surface area contributed by atoms with Gasteiger partial charge in [0.1, 0.15) is 29.1 Å². The van der Waals surface area contributed by atoms with E-state index in [1.54, 1.807) is 0 Å². The normalized spacial score (nSPS) is 11.9. The highest BCUT2D eigenvalue weighted by Crippen LogP contribution is 2.38. The molecule has 8 aromatic rings. The summed E-state index contributed by atoms with van der Waals surface area (Å²) in [4.78, 5) is 0. The van der Waals surface area contributed by atoms with Gasteiger partial charge in [0.25, 0.3) is 0 Å². The molecular weight excluding hydrogens is 574 g/mol. The topological polar surface area (TPSA) is 18.5 Å². The molecule has 0 saturated heterocycles. The van der Waals surface area contributed by atoms with Crippen molar-refractivity contribution in [3.05, 3.63) is 158 Å². The summed E-state index contributed by atoms with van der Waals surface area (Å²) < 4.78 is 13.1. The smallest absolute Gasteiger partial charge is 0.124 e. The van der Waals surface area contributed by atoms with Crippen LogP contribution in [0.15, 0.2) is 158 Å². The van der Waals surface area contributed by atoms with Crippen molar-refractivity contribution in [1.82, 2.24) is 0 Å². The molecule has 2 nitrogen and oxygen atoms in total. The van der Waals surface area contributed by atoms with Gasteiger partial charge in [0.05, 0.1) is 0 Å². The monoisotopic (exact) mass is 602 g/mol. The summed E-state index contributed by atoms with van der Waals surface area (Å²) in [6, 6.07) is 55.6. The Bertz CT molecular complexity index is 2150. The van der Waals surface area contributed by atoms with Gasteiger partial charge in [-0.2, -0.15) is 0 Å². The predicted molar refractivity (Wildman–Crippen MR) is 192 cm³/mol. The molecule has 2 unspecified atom stereocenters. The summed E-state index contributed by atoms with van der Waals surface area (Å²) in [5.74, 6) is 1.75. The summed E-state index contributed by atoms with van der Waals surface area (Å²) in [5.41, 5.74) is 2.42. The number of benzene rings is 8. The summed E-state index contributed by atoms with van der Waals surface area (Å²) in [6.45, 7) is 0. The molecule has 8 rings (SSSR count). The molecule has 0 aromatic heterocycles. The van der Waals surface area contributed by atoms with Crippen LogP contribution in [-0.4, -0.2) is 0 Å². The van der Waals surface area contributed by atoms with Crippen molar-refractivity contribution in [2.24, 2.45) is 0 Å². The Balaban J connectivity index is 1.24. The second-order valence-electron chi connectivity index (χ2n) is 10.8. The summed E-state index contributed by atoms with van der Waals surface area (Å²) in [7, 11) is 0.269. The third-order valence-electron chi connectivity index (χ3n) is 8.11. The van der Waals surface area contributed by atoms with Crippen LogP contribution < -0.4 is 19.7 Å². The van der Waals surface area contributed by atoms with E-state index >= 15 is 0 Å². The highest BCUT2D eigenvalue weighted by atomic mass is 31.1. The zero-order valence-electron chi connectivity index (χ0n) is 23.8. The van der Waals surface area contributed by atoms with Crippen molar-refractivity contribution in [1.29, 1.82) is 0 Å². The maximum atomic E-state index is 6.53. The number of fused-ring (bicyclic) bond motifs is 4. The van der Waals surface area contributed by atoms with E-state index in [2.05, 4.69) is 158 Å². The Morgan fingerprint density at radius 1 is 0.318 bits per heavy atom. The minimum absolute atomic E-state index is 0.134. The minimum atomic E-state index is 0.134. The van der Waals surface area contributed by atoms with E-state index in [0.717, 1.165) is 11.5 Å². The van der Waals surface area contributed by atoms with E-state index in [9.17, 15) is 0 Å². The molecule has 44 heavy (non-hydrogen) atoms. The summed E-state index contributed by atoms with van der Waals surface area (Å²) >= 11 is 0. The molecule has 0 radical (unpaired) electrons. The fourth-order valence-electron chi connectivity index (χ4n) is 5.94. The maximum Gasteiger partial charge on any atom is 0.124 e. The lowest BCUT2D eigenvalue weighted by atomic mass is 9.94. The van der Waals surface area contributed by atoms with Gasteiger partial charge in [-0.25, -0.2) is 0 Å². The van der Waals surface area contributed by atoms with E-state index in [4.69, 9.17) is 9.05 Å². The summed E-state index contributed by atoms with van der Waals surface area (Å²) in [5, 5.41) is 12.0. The van der Waals surface area contributed by atoms with Crippen LogP contribution in [0.5, 0.6) is 11.5 Å². The molecular formula is C40H28O2P2. The average Bonchev–Trinajstić information content (AvgIpc) is 3.09. The first-order chi connectivity index (χ1) is 21.8. The van der Waals surface area contributed by atoms with Crippen LogP contribution in [0.3, 0.4) is 0 Å². The molecule has 0 aliphatic rings. The second-order valence-corrected chi connectivity index (χ2v) is 12.7. The van der Waals surface area contributed by atoms with Gasteiger partial charge in [-0.1, -0.05) is 133 Å². The molecule has 210 valence electrons. The van der Waals surface area contributed by atoms with Gasteiger partial charge in [-0.3, -0.25) is 0 Å². The standard InChI is InChI=1S/C40H28O2P2/c1-3-13-31-25-33(21-17-27(31)9-1)41-43-37-23-19-29-11-5-7-15-35(29)39(37)40-36-16-8-6-12-30(36)20-24-38(40)44-42-34-22-18-28-10-2-4-14-32(28)26-34/h1-26,43-44H. The van der Waals surface area contributed by atoms with Gasteiger partial charge in [-0.05, 0) is 67.4 Å². The fraction of sp³-hybridized carbons (Fsp3) is 0. The van der Waals surface area contributed by atoms with Crippen LogP contribution in [-0.2, 0) is 0 Å². The summed E-state index contributed by atoms with van der Waals surface area (Å²) in [6.07, 6.45) is 0. The van der Waals surface area contributed by atoms with Gasteiger partial charge >= 0.3 is 0 Å². The minimum Gasteiger partial charge on any atom is -0.472 e. The van der Waals surface area contributed by atoms with E-state index in [1.165, 1.54) is 64.8 Å². The van der Waals surface area contributed by atoms with E-state index in [0.29, 0.717) is 0 Å². The third kappa shape index (κ3) is 5.18. The van der Waals surface area contributed by atoms with Gasteiger partial charge in [0, 0.05) is 21.7 Å².